The Bertz CT molecular complexity index is 893. The number of esters is 1. The molecule has 0 aliphatic rings. The van der Waals surface area contributed by atoms with Gasteiger partial charge in [0.15, 0.2) is 0 Å². The molecule has 3 aromatic carbocycles. The van der Waals surface area contributed by atoms with Crippen molar-refractivity contribution in [3.05, 3.63) is 103 Å². The summed E-state index contributed by atoms with van der Waals surface area (Å²) in [6.45, 7) is 4.01. The van der Waals surface area contributed by atoms with Crippen LogP contribution in [-0.2, 0) is 9.53 Å². The van der Waals surface area contributed by atoms with E-state index < -0.39 is 7.05 Å². The number of ether oxygens (including phenoxy) is 1. The third-order valence-corrected chi connectivity index (χ3v) is 8.06. The normalized spacial score (nSPS) is 11.7. The van der Waals surface area contributed by atoms with E-state index >= 15 is 0 Å². The van der Waals surface area contributed by atoms with Gasteiger partial charge in [-0.05, 0) is 13.8 Å². The van der Waals surface area contributed by atoms with Crippen LogP contribution in [0.5, 0.6) is 0 Å². The number of benzene rings is 3. The molecule has 0 unspecified atom stereocenters. The average molecular weight is 389 g/mol. The summed E-state index contributed by atoms with van der Waals surface area (Å²) in [4.78, 5) is 12.0. The molecule has 0 saturated carbocycles. The van der Waals surface area contributed by atoms with E-state index in [0.29, 0.717) is 12.3 Å². The Kier molecular flexibility index (Phi) is 6.62. The van der Waals surface area contributed by atoms with Gasteiger partial charge >= 0.3 is 5.97 Å². The number of carbonyl (C=O) groups is 1. The Balaban J connectivity index is 2.35. The zero-order chi connectivity index (χ0) is 19.8. The molecule has 0 radical (unpaired) electrons. The van der Waals surface area contributed by atoms with E-state index in [0.717, 1.165) is 15.9 Å². The predicted octanol–water partition coefficient (Wildman–Crippen LogP) is 4.63. The van der Waals surface area contributed by atoms with Gasteiger partial charge < -0.3 is 4.74 Å². The molecule has 0 atom stereocenters. The van der Waals surface area contributed by atoms with Crippen LogP contribution in [0.25, 0.3) is 0 Å². The molecule has 0 heterocycles. The number of hydrogen-bond acceptors (Lipinski definition) is 3. The van der Waals surface area contributed by atoms with Crippen LogP contribution in [-0.4, -0.2) is 12.6 Å². The van der Waals surface area contributed by atoms with Gasteiger partial charge in [0, 0.05) is 27.7 Å². The van der Waals surface area contributed by atoms with Crippen molar-refractivity contribution in [2.45, 2.75) is 13.8 Å². The fourth-order valence-corrected chi connectivity index (χ4v) is 6.75. The fraction of sp³-hybridized carbons (Fsp3) is 0.125. The monoisotopic (exact) mass is 389 g/mol. The van der Waals surface area contributed by atoms with Crippen LogP contribution < -0.4 is 15.9 Å². The van der Waals surface area contributed by atoms with E-state index in [9.17, 15) is 4.79 Å². The summed E-state index contributed by atoms with van der Waals surface area (Å²) in [5, 5.41) is 3.43. The van der Waals surface area contributed by atoms with Gasteiger partial charge in [0.05, 0.1) is 13.7 Å². The summed E-state index contributed by atoms with van der Waals surface area (Å²) in [5.74, 6) is -0.365. The highest BCUT2D eigenvalue weighted by molar-refractivity contribution is 7.87. The number of allylic oxidation sites excluding steroid dienone is 1. The molecule has 0 amide bonds. The number of rotatable bonds is 6. The average Bonchev–Trinajstić information content (AvgIpc) is 2.74. The van der Waals surface area contributed by atoms with Gasteiger partial charge in [-0.3, -0.25) is 4.74 Å². The van der Waals surface area contributed by atoms with Gasteiger partial charge in [0.25, 0.3) is 0 Å². The van der Waals surface area contributed by atoms with Crippen LogP contribution in [0.1, 0.15) is 13.8 Å². The van der Waals surface area contributed by atoms with Crippen LogP contribution in [0.2, 0.25) is 0 Å². The van der Waals surface area contributed by atoms with Crippen molar-refractivity contribution in [3.8, 4) is 0 Å². The first-order chi connectivity index (χ1) is 13.7. The van der Waals surface area contributed by atoms with Crippen molar-refractivity contribution in [1.29, 1.82) is 0 Å². The van der Waals surface area contributed by atoms with Gasteiger partial charge in [-0.1, -0.05) is 91.0 Å². The molecule has 142 valence electrons. The summed E-state index contributed by atoms with van der Waals surface area (Å²) in [5.41, 5.74) is 0.656. The highest BCUT2D eigenvalue weighted by Gasteiger charge is 2.27. The first kappa shape index (κ1) is 19.9. The molecule has 3 aromatic rings. The number of carbonyl (C=O) groups excluding carboxylic acids is 1. The van der Waals surface area contributed by atoms with Crippen molar-refractivity contribution in [3.63, 3.8) is 0 Å². The Morgan fingerprint density at radius 3 is 1.57 bits per heavy atom. The number of nitrogens with zero attached hydrogens (tertiary/aromatic N) is 1. The SMILES string of the molecule is CCOC(=O)/C=C(\C)N=P(c1ccccc1)(c1ccccc1)c1ccccc1. The third kappa shape index (κ3) is 4.32. The minimum atomic E-state index is -2.34. The summed E-state index contributed by atoms with van der Waals surface area (Å²) >= 11 is 0. The Morgan fingerprint density at radius 2 is 1.21 bits per heavy atom. The molecule has 0 spiro atoms. The molecule has 0 aromatic heterocycles. The van der Waals surface area contributed by atoms with E-state index in [1.807, 2.05) is 61.5 Å². The van der Waals surface area contributed by atoms with Crippen LogP contribution in [0.4, 0.5) is 0 Å². The van der Waals surface area contributed by atoms with E-state index in [1.165, 1.54) is 6.08 Å². The van der Waals surface area contributed by atoms with Crippen molar-refractivity contribution in [1.82, 2.24) is 0 Å². The quantitative estimate of drug-likeness (QED) is 0.350. The summed E-state index contributed by atoms with van der Waals surface area (Å²) in [6, 6.07) is 31.0. The molecule has 0 saturated heterocycles. The lowest BCUT2D eigenvalue weighted by molar-refractivity contribution is -0.137. The standard InChI is InChI=1S/C24H24NO2P/c1-3-27-24(26)19-20(2)25-28(21-13-7-4-8-14-21,22-15-9-5-10-16-22)23-17-11-6-12-18-23/h4-19H,3H2,1-2H3/b20-19+. The highest BCUT2D eigenvalue weighted by Crippen LogP contribution is 2.47. The van der Waals surface area contributed by atoms with Crippen molar-refractivity contribution in [2.75, 3.05) is 6.61 Å². The van der Waals surface area contributed by atoms with Crippen LogP contribution in [0, 0.1) is 0 Å². The minimum Gasteiger partial charge on any atom is -0.463 e. The topological polar surface area (TPSA) is 38.7 Å². The summed E-state index contributed by atoms with van der Waals surface area (Å²) in [7, 11) is -2.34. The van der Waals surface area contributed by atoms with Gasteiger partial charge in [0.2, 0.25) is 0 Å². The summed E-state index contributed by atoms with van der Waals surface area (Å²) < 4.78 is 10.3. The first-order valence-corrected chi connectivity index (χ1v) is 11.0. The molecular formula is C24H24NO2P. The molecular weight excluding hydrogens is 365 g/mol. The molecule has 0 bridgehead atoms. The second-order valence-corrected chi connectivity index (χ2v) is 9.30. The third-order valence-electron chi connectivity index (χ3n) is 4.31. The van der Waals surface area contributed by atoms with E-state index in [2.05, 4.69) is 36.4 Å². The Morgan fingerprint density at radius 1 is 0.821 bits per heavy atom. The van der Waals surface area contributed by atoms with E-state index in [-0.39, 0.29) is 5.97 Å². The molecule has 3 rings (SSSR count). The Labute approximate surface area is 166 Å². The number of hydrogen-bond donors (Lipinski definition) is 0. The fourth-order valence-electron chi connectivity index (χ4n) is 3.17. The van der Waals surface area contributed by atoms with E-state index in [1.54, 1.807) is 6.92 Å². The van der Waals surface area contributed by atoms with Crippen LogP contribution in [0.15, 0.2) is 108 Å². The van der Waals surface area contributed by atoms with E-state index in [4.69, 9.17) is 9.48 Å². The van der Waals surface area contributed by atoms with Gasteiger partial charge in [-0.2, -0.15) is 0 Å². The van der Waals surface area contributed by atoms with Crippen molar-refractivity contribution < 1.29 is 9.53 Å². The molecule has 3 nitrogen and oxygen atoms in total. The second-order valence-electron chi connectivity index (χ2n) is 6.28. The second kappa shape index (κ2) is 9.34. The lowest BCUT2D eigenvalue weighted by Crippen LogP contribution is -2.25. The predicted molar refractivity (Wildman–Crippen MR) is 118 cm³/mol. The van der Waals surface area contributed by atoms with Gasteiger partial charge in [-0.15, -0.1) is 0 Å². The highest BCUT2D eigenvalue weighted by atomic mass is 31.2. The lowest BCUT2D eigenvalue weighted by Gasteiger charge is -2.27. The first-order valence-electron chi connectivity index (χ1n) is 9.31. The maximum Gasteiger partial charge on any atom is 0.332 e. The summed E-state index contributed by atoms with van der Waals surface area (Å²) in [6.07, 6.45) is 1.48. The lowest BCUT2D eigenvalue weighted by atomic mass is 10.4. The maximum atomic E-state index is 12.0. The molecule has 4 heteroatoms. The zero-order valence-corrected chi connectivity index (χ0v) is 17.1. The molecule has 0 aliphatic carbocycles. The minimum absolute atomic E-state index is 0.346. The largest absolute Gasteiger partial charge is 0.463 e. The zero-order valence-electron chi connectivity index (χ0n) is 16.2. The van der Waals surface area contributed by atoms with Gasteiger partial charge in [-0.25, -0.2) is 4.79 Å². The molecule has 0 fully saturated rings. The van der Waals surface area contributed by atoms with Crippen LogP contribution in [0.3, 0.4) is 0 Å². The van der Waals surface area contributed by atoms with Crippen molar-refractivity contribution >= 4 is 28.9 Å². The molecule has 0 N–H and O–H groups in total. The molecule has 0 aliphatic heterocycles. The Hall–Kier alpha value is -2.90. The van der Waals surface area contributed by atoms with Crippen LogP contribution >= 0.6 is 7.05 Å². The maximum absolute atomic E-state index is 12.0. The van der Waals surface area contributed by atoms with Crippen molar-refractivity contribution in [2.24, 2.45) is 4.74 Å². The smallest absolute Gasteiger partial charge is 0.332 e. The molecule has 28 heavy (non-hydrogen) atoms. The van der Waals surface area contributed by atoms with Gasteiger partial charge in [0.1, 0.15) is 0 Å².